The predicted octanol–water partition coefficient (Wildman–Crippen LogP) is 4.56. The lowest BCUT2D eigenvalue weighted by atomic mass is 9.59. The number of aromatic nitrogens is 3. The van der Waals surface area contributed by atoms with E-state index in [4.69, 9.17) is 0 Å². The molecule has 4 aromatic rings. The lowest BCUT2D eigenvalue weighted by molar-refractivity contribution is -0.121. The number of benzene rings is 2. The standard InChI is InChI=1S/C29H27N5O/c1-17-21(18(2)34-29(33-17)20(14-30)16-32-34)11-12-27(35)31-15-19-13-26-22-7-3-5-9-24(22)28(19)25-10-6-4-8-23(25)26/h3-10,16,19,26,28H,11-13,15H2,1-2H3,(H,31,35). The highest BCUT2D eigenvalue weighted by Crippen LogP contribution is 2.55. The Morgan fingerprint density at radius 1 is 1.09 bits per heavy atom. The lowest BCUT2D eigenvalue weighted by Gasteiger charge is -2.45. The highest BCUT2D eigenvalue weighted by Gasteiger charge is 2.42. The van der Waals surface area contributed by atoms with Gasteiger partial charge in [0.25, 0.3) is 0 Å². The Morgan fingerprint density at radius 2 is 1.74 bits per heavy atom. The number of nitrogens with one attached hydrogen (secondary N) is 1. The van der Waals surface area contributed by atoms with Gasteiger partial charge in [0.05, 0.1) is 6.20 Å². The summed E-state index contributed by atoms with van der Waals surface area (Å²) in [6.45, 7) is 4.58. The van der Waals surface area contributed by atoms with Crippen LogP contribution in [-0.2, 0) is 11.2 Å². The summed E-state index contributed by atoms with van der Waals surface area (Å²) in [7, 11) is 0. The van der Waals surface area contributed by atoms with Gasteiger partial charge in [-0.25, -0.2) is 9.50 Å². The minimum absolute atomic E-state index is 0.0603. The first-order valence-electron chi connectivity index (χ1n) is 12.2. The first-order valence-corrected chi connectivity index (χ1v) is 12.2. The van der Waals surface area contributed by atoms with Gasteiger partial charge in [-0.05, 0) is 60.4 Å². The van der Waals surface area contributed by atoms with E-state index in [1.165, 1.54) is 22.3 Å². The molecule has 1 atom stereocenters. The minimum Gasteiger partial charge on any atom is -0.356 e. The van der Waals surface area contributed by atoms with E-state index in [0.29, 0.717) is 48.4 Å². The van der Waals surface area contributed by atoms with Crippen molar-refractivity contribution in [2.75, 3.05) is 6.54 Å². The number of nitriles is 1. The number of nitrogens with zero attached hydrogens (tertiary/aromatic N) is 4. The third-order valence-electron chi connectivity index (χ3n) is 7.92. The van der Waals surface area contributed by atoms with Crippen LogP contribution in [0.4, 0.5) is 0 Å². The smallest absolute Gasteiger partial charge is 0.220 e. The van der Waals surface area contributed by atoms with E-state index in [0.717, 1.165) is 23.4 Å². The fourth-order valence-corrected chi connectivity index (χ4v) is 6.28. The summed E-state index contributed by atoms with van der Waals surface area (Å²) in [4.78, 5) is 17.5. The average Bonchev–Trinajstić information content (AvgIpc) is 3.30. The van der Waals surface area contributed by atoms with E-state index in [1.807, 2.05) is 13.8 Å². The largest absolute Gasteiger partial charge is 0.356 e. The highest BCUT2D eigenvalue weighted by molar-refractivity contribution is 5.76. The molecule has 1 N–H and O–H groups in total. The summed E-state index contributed by atoms with van der Waals surface area (Å²) in [5.41, 5.74) is 9.56. The van der Waals surface area contributed by atoms with Crippen molar-refractivity contribution in [2.45, 2.75) is 44.9 Å². The van der Waals surface area contributed by atoms with Crippen molar-refractivity contribution in [1.82, 2.24) is 19.9 Å². The average molecular weight is 462 g/mol. The van der Waals surface area contributed by atoms with Crippen molar-refractivity contribution in [2.24, 2.45) is 5.92 Å². The fourth-order valence-electron chi connectivity index (χ4n) is 6.28. The van der Waals surface area contributed by atoms with Crippen molar-refractivity contribution in [1.29, 1.82) is 5.26 Å². The van der Waals surface area contributed by atoms with Gasteiger partial charge in [-0.15, -0.1) is 0 Å². The van der Waals surface area contributed by atoms with Crippen molar-refractivity contribution >= 4 is 11.6 Å². The normalized spacial score (nSPS) is 19.7. The Morgan fingerprint density at radius 3 is 2.40 bits per heavy atom. The Balaban J connectivity index is 1.16. The zero-order valence-electron chi connectivity index (χ0n) is 20.0. The molecule has 0 fully saturated rings. The van der Waals surface area contributed by atoms with E-state index in [-0.39, 0.29) is 5.91 Å². The molecule has 3 aliphatic rings. The van der Waals surface area contributed by atoms with Gasteiger partial charge in [0.2, 0.25) is 5.91 Å². The highest BCUT2D eigenvalue weighted by atomic mass is 16.1. The second-order valence-electron chi connectivity index (χ2n) is 9.75. The molecule has 7 rings (SSSR count). The molecule has 2 bridgehead atoms. The van der Waals surface area contributed by atoms with Crippen molar-refractivity contribution in [3.05, 3.63) is 99.5 Å². The van der Waals surface area contributed by atoms with Crippen LogP contribution < -0.4 is 5.32 Å². The molecular formula is C29H27N5O. The summed E-state index contributed by atoms with van der Waals surface area (Å²) in [6, 6.07) is 19.7. The van der Waals surface area contributed by atoms with Crippen LogP contribution in [-0.4, -0.2) is 27.0 Å². The molecule has 3 aliphatic carbocycles. The number of carbonyl (C=O) groups excluding carboxylic acids is 1. The van der Waals surface area contributed by atoms with Gasteiger partial charge < -0.3 is 5.32 Å². The van der Waals surface area contributed by atoms with Gasteiger partial charge in [-0.2, -0.15) is 10.4 Å². The van der Waals surface area contributed by atoms with Crippen LogP contribution in [0.5, 0.6) is 0 Å². The molecular weight excluding hydrogens is 434 g/mol. The summed E-state index contributed by atoms with van der Waals surface area (Å²) in [5, 5.41) is 16.8. The van der Waals surface area contributed by atoms with Crippen molar-refractivity contribution < 1.29 is 4.79 Å². The first-order chi connectivity index (χ1) is 17.1. The Hall–Kier alpha value is -3.98. The fraction of sp³-hybridized carbons (Fsp3) is 0.310. The summed E-state index contributed by atoms with van der Waals surface area (Å²) in [5.74, 6) is 1.19. The molecule has 0 radical (unpaired) electrons. The van der Waals surface area contributed by atoms with Gasteiger partial charge in [0.1, 0.15) is 11.6 Å². The van der Waals surface area contributed by atoms with Gasteiger partial charge >= 0.3 is 0 Å². The summed E-state index contributed by atoms with van der Waals surface area (Å²) in [6.07, 6.45) is 3.60. The number of amides is 1. The molecule has 6 nitrogen and oxygen atoms in total. The van der Waals surface area contributed by atoms with E-state index in [1.54, 1.807) is 10.7 Å². The number of hydrogen-bond acceptors (Lipinski definition) is 4. The molecule has 0 aliphatic heterocycles. The quantitative estimate of drug-likeness (QED) is 0.472. The van der Waals surface area contributed by atoms with Gasteiger partial charge in [0, 0.05) is 36.2 Å². The van der Waals surface area contributed by atoms with E-state index < -0.39 is 0 Å². The zero-order valence-corrected chi connectivity index (χ0v) is 20.0. The number of fused-ring (bicyclic) bond motifs is 2. The predicted molar refractivity (Wildman–Crippen MR) is 133 cm³/mol. The van der Waals surface area contributed by atoms with Gasteiger partial charge in [-0.1, -0.05) is 48.5 Å². The SMILES string of the molecule is Cc1nc2c(C#N)cnn2c(C)c1CCC(=O)NCC1CC2c3ccccc3C1c1ccccc12. The van der Waals surface area contributed by atoms with Crippen molar-refractivity contribution in [3.8, 4) is 6.07 Å². The van der Waals surface area contributed by atoms with Crippen LogP contribution in [0.1, 0.15) is 69.4 Å². The lowest BCUT2D eigenvalue weighted by Crippen LogP contribution is -2.39. The maximum absolute atomic E-state index is 12.9. The number of rotatable bonds is 5. The minimum atomic E-state index is 0.0603. The topological polar surface area (TPSA) is 83.1 Å². The molecule has 35 heavy (non-hydrogen) atoms. The van der Waals surface area contributed by atoms with Crippen LogP contribution in [0.2, 0.25) is 0 Å². The van der Waals surface area contributed by atoms with Crippen LogP contribution in [0.3, 0.4) is 0 Å². The summed E-state index contributed by atoms with van der Waals surface area (Å²) < 4.78 is 1.70. The number of aryl methyl sites for hydroxylation is 2. The van der Waals surface area contributed by atoms with Crippen LogP contribution in [0, 0.1) is 31.1 Å². The van der Waals surface area contributed by atoms with Crippen molar-refractivity contribution in [3.63, 3.8) is 0 Å². The number of hydrogen-bond donors (Lipinski definition) is 1. The molecule has 1 unspecified atom stereocenters. The molecule has 6 heteroatoms. The summed E-state index contributed by atoms with van der Waals surface area (Å²) >= 11 is 0. The molecule has 2 aromatic heterocycles. The Kier molecular flexibility index (Phi) is 5.14. The Bertz CT molecular complexity index is 1460. The van der Waals surface area contributed by atoms with E-state index in [9.17, 15) is 10.1 Å². The number of carbonyl (C=O) groups is 1. The van der Waals surface area contributed by atoms with Gasteiger partial charge in [0.15, 0.2) is 5.65 Å². The molecule has 1 amide bonds. The maximum Gasteiger partial charge on any atom is 0.220 e. The maximum atomic E-state index is 12.9. The van der Waals surface area contributed by atoms with Crippen LogP contribution in [0.25, 0.3) is 5.65 Å². The second kappa shape index (κ2) is 8.35. The first kappa shape index (κ1) is 21.5. The third-order valence-corrected chi connectivity index (χ3v) is 7.92. The molecule has 0 saturated carbocycles. The molecule has 0 saturated heterocycles. The van der Waals surface area contributed by atoms with Crippen LogP contribution in [0.15, 0.2) is 54.7 Å². The molecule has 2 aromatic carbocycles. The van der Waals surface area contributed by atoms with E-state index in [2.05, 4.69) is 70.0 Å². The molecule has 174 valence electrons. The third kappa shape index (κ3) is 3.42. The van der Waals surface area contributed by atoms with Gasteiger partial charge in [-0.3, -0.25) is 4.79 Å². The van der Waals surface area contributed by atoms with E-state index >= 15 is 0 Å². The second-order valence-corrected chi connectivity index (χ2v) is 9.75. The molecule has 2 heterocycles. The molecule has 0 spiro atoms. The monoisotopic (exact) mass is 461 g/mol. The van der Waals surface area contributed by atoms with Crippen LogP contribution >= 0.6 is 0 Å². The Labute approximate surface area is 204 Å². The zero-order chi connectivity index (χ0) is 24.1.